The monoisotopic (exact) mass is 281 g/mol. The largest absolute Gasteiger partial charge is 0.335 e. The van der Waals surface area contributed by atoms with E-state index in [9.17, 15) is 4.57 Å². The van der Waals surface area contributed by atoms with E-state index < -0.39 is 7.60 Å². The van der Waals surface area contributed by atoms with Crippen molar-refractivity contribution >= 4 is 7.60 Å². The van der Waals surface area contributed by atoms with Crippen molar-refractivity contribution in [1.82, 2.24) is 0 Å². The summed E-state index contributed by atoms with van der Waals surface area (Å²) in [7, 11) is -3.16. The number of nitrogens with zero attached hydrogens (tertiary/aromatic N) is 1. The molecule has 0 N–H and O–H groups in total. The zero-order valence-corrected chi connectivity index (χ0v) is 12.7. The lowest BCUT2D eigenvalue weighted by Crippen LogP contribution is -2.09. The molecule has 5 heteroatoms. The third-order valence-electron chi connectivity index (χ3n) is 2.20. The topological polar surface area (TPSA) is 59.3 Å². The summed E-state index contributed by atoms with van der Waals surface area (Å²) in [5, 5.41) is 8.74. The Morgan fingerprint density at radius 1 is 1.11 bits per heavy atom. The molecule has 19 heavy (non-hydrogen) atoms. The first-order valence-corrected chi connectivity index (χ1v) is 8.02. The van der Waals surface area contributed by atoms with Gasteiger partial charge >= 0.3 is 7.60 Å². The van der Waals surface area contributed by atoms with Gasteiger partial charge in [-0.25, -0.2) is 0 Å². The van der Waals surface area contributed by atoms with E-state index in [2.05, 4.69) is 0 Å². The molecule has 0 aliphatic rings. The van der Waals surface area contributed by atoms with Gasteiger partial charge in [0.2, 0.25) is 0 Å². The minimum absolute atomic E-state index is 0.164. The van der Waals surface area contributed by atoms with E-state index in [0.29, 0.717) is 5.56 Å². The minimum Gasteiger partial charge on any atom is -0.306 e. The molecule has 1 aromatic carbocycles. The number of rotatable bonds is 6. The van der Waals surface area contributed by atoms with Crippen LogP contribution in [-0.2, 0) is 19.8 Å². The van der Waals surface area contributed by atoms with Crippen LogP contribution in [0.5, 0.6) is 0 Å². The van der Waals surface area contributed by atoms with Gasteiger partial charge in [0, 0.05) is 0 Å². The van der Waals surface area contributed by atoms with Crippen LogP contribution in [0.1, 0.15) is 38.8 Å². The Balaban J connectivity index is 2.87. The average Bonchev–Trinajstić information content (AvgIpc) is 2.27. The molecule has 0 saturated carbocycles. The number of hydrogen-bond acceptors (Lipinski definition) is 4. The fourth-order valence-electron chi connectivity index (χ4n) is 1.65. The second-order valence-electron chi connectivity index (χ2n) is 4.89. The zero-order valence-electron chi connectivity index (χ0n) is 11.8. The van der Waals surface area contributed by atoms with Crippen LogP contribution < -0.4 is 0 Å². The second-order valence-corrected chi connectivity index (χ2v) is 6.85. The van der Waals surface area contributed by atoms with Gasteiger partial charge in [-0.3, -0.25) is 4.57 Å². The van der Waals surface area contributed by atoms with Gasteiger partial charge in [-0.2, -0.15) is 5.26 Å². The number of nitriles is 1. The van der Waals surface area contributed by atoms with Crippen molar-refractivity contribution in [2.75, 3.05) is 0 Å². The molecule has 1 aromatic rings. The molecular formula is C14H20NO3P. The molecule has 104 valence electrons. The van der Waals surface area contributed by atoms with Crippen LogP contribution in [0.2, 0.25) is 0 Å². The van der Waals surface area contributed by atoms with Crippen LogP contribution in [0, 0.1) is 11.3 Å². The molecule has 0 aliphatic heterocycles. The minimum atomic E-state index is -3.16. The van der Waals surface area contributed by atoms with E-state index in [4.69, 9.17) is 14.3 Å². The number of benzene rings is 1. The highest BCUT2D eigenvalue weighted by Gasteiger charge is 2.28. The molecular weight excluding hydrogens is 261 g/mol. The molecule has 0 aliphatic carbocycles. The van der Waals surface area contributed by atoms with Crippen LogP contribution in [0.15, 0.2) is 24.3 Å². The maximum Gasteiger partial charge on any atom is 0.335 e. The molecule has 0 atom stereocenters. The van der Waals surface area contributed by atoms with Crippen LogP contribution >= 0.6 is 7.60 Å². The van der Waals surface area contributed by atoms with Gasteiger partial charge in [-0.1, -0.05) is 12.1 Å². The summed E-state index contributed by atoms with van der Waals surface area (Å²) in [6, 6.07) is 9.00. The summed E-state index contributed by atoms with van der Waals surface area (Å²) in [5.41, 5.74) is 1.41. The Kier molecular flexibility index (Phi) is 5.75. The van der Waals surface area contributed by atoms with Crippen molar-refractivity contribution in [2.24, 2.45) is 0 Å². The fraction of sp³-hybridized carbons (Fsp3) is 0.500. The molecule has 1 rings (SSSR count). The van der Waals surface area contributed by atoms with Crippen LogP contribution in [-0.4, -0.2) is 12.2 Å². The molecule has 4 nitrogen and oxygen atoms in total. The molecule has 0 aromatic heterocycles. The maximum atomic E-state index is 12.6. The first-order valence-electron chi connectivity index (χ1n) is 6.29. The van der Waals surface area contributed by atoms with Gasteiger partial charge in [0.25, 0.3) is 0 Å². The van der Waals surface area contributed by atoms with Crippen molar-refractivity contribution < 1.29 is 13.6 Å². The van der Waals surface area contributed by atoms with Crippen molar-refractivity contribution in [3.05, 3.63) is 35.4 Å². The predicted octanol–water partition coefficient (Wildman–Crippen LogP) is 4.10. The van der Waals surface area contributed by atoms with E-state index in [0.717, 1.165) is 5.56 Å². The van der Waals surface area contributed by atoms with E-state index in [-0.39, 0.29) is 18.4 Å². The Morgan fingerprint density at radius 2 is 1.58 bits per heavy atom. The molecule has 0 fully saturated rings. The summed E-state index contributed by atoms with van der Waals surface area (Å²) < 4.78 is 23.6. The SMILES string of the molecule is CC(C)OP(=O)(Cc1ccc(C#N)cc1)OC(C)C. The average molecular weight is 281 g/mol. The maximum absolute atomic E-state index is 12.6. The highest BCUT2D eigenvalue weighted by atomic mass is 31.2. The molecule has 0 unspecified atom stereocenters. The summed E-state index contributed by atoms with van der Waals surface area (Å²) in [5.74, 6) is 0. The van der Waals surface area contributed by atoms with E-state index in [1.54, 1.807) is 24.3 Å². The highest BCUT2D eigenvalue weighted by molar-refractivity contribution is 7.53. The standard InChI is InChI=1S/C14H20NO3P/c1-11(2)17-19(16,18-12(3)4)10-14-7-5-13(9-15)6-8-14/h5-8,11-12H,10H2,1-4H3. The highest BCUT2D eigenvalue weighted by Crippen LogP contribution is 2.53. The lowest BCUT2D eigenvalue weighted by atomic mass is 10.2. The van der Waals surface area contributed by atoms with Crippen LogP contribution in [0.25, 0.3) is 0 Å². The van der Waals surface area contributed by atoms with E-state index in [1.165, 1.54) is 0 Å². The van der Waals surface area contributed by atoms with Crippen LogP contribution in [0.4, 0.5) is 0 Å². The molecule has 0 spiro atoms. The zero-order chi connectivity index (χ0) is 14.5. The van der Waals surface area contributed by atoms with Crippen molar-refractivity contribution in [1.29, 1.82) is 5.26 Å². The second kappa shape index (κ2) is 6.86. The normalized spacial score (nSPS) is 11.8. The Morgan fingerprint density at radius 3 is 1.95 bits per heavy atom. The van der Waals surface area contributed by atoms with Crippen molar-refractivity contribution in [3.63, 3.8) is 0 Å². The third kappa shape index (κ3) is 5.57. The predicted molar refractivity (Wildman–Crippen MR) is 74.9 cm³/mol. The lowest BCUT2D eigenvalue weighted by molar-refractivity contribution is 0.141. The Labute approximate surface area is 114 Å². The molecule has 0 radical (unpaired) electrons. The van der Waals surface area contributed by atoms with Gasteiger partial charge < -0.3 is 9.05 Å². The summed E-state index contributed by atoms with van der Waals surface area (Å²) >= 11 is 0. The summed E-state index contributed by atoms with van der Waals surface area (Å²) in [4.78, 5) is 0. The first kappa shape index (κ1) is 15.9. The van der Waals surface area contributed by atoms with Gasteiger partial charge in [-0.15, -0.1) is 0 Å². The quantitative estimate of drug-likeness (QED) is 0.736. The van der Waals surface area contributed by atoms with Gasteiger partial charge in [0.05, 0.1) is 30.0 Å². The van der Waals surface area contributed by atoms with Crippen molar-refractivity contribution in [3.8, 4) is 6.07 Å². The Hall–Kier alpha value is -1.14. The van der Waals surface area contributed by atoms with Gasteiger partial charge in [0.1, 0.15) is 0 Å². The molecule has 0 saturated heterocycles. The van der Waals surface area contributed by atoms with Crippen molar-refractivity contribution in [2.45, 2.75) is 46.1 Å². The smallest absolute Gasteiger partial charge is 0.306 e. The third-order valence-corrected chi connectivity index (χ3v) is 4.44. The van der Waals surface area contributed by atoms with Crippen LogP contribution in [0.3, 0.4) is 0 Å². The van der Waals surface area contributed by atoms with E-state index >= 15 is 0 Å². The fourth-order valence-corrected chi connectivity index (χ4v) is 3.79. The summed E-state index contributed by atoms with van der Waals surface area (Å²) in [6.45, 7) is 7.31. The molecule has 0 heterocycles. The van der Waals surface area contributed by atoms with Gasteiger partial charge in [0.15, 0.2) is 0 Å². The van der Waals surface area contributed by atoms with Gasteiger partial charge in [-0.05, 0) is 45.4 Å². The molecule has 0 amide bonds. The number of hydrogen-bond donors (Lipinski definition) is 0. The first-order chi connectivity index (χ1) is 8.84. The van der Waals surface area contributed by atoms with E-state index in [1.807, 2.05) is 33.8 Å². The lowest BCUT2D eigenvalue weighted by Gasteiger charge is -2.22. The Bertz CT molecular complexity index is 474. The molecule has 0 bridgehead atoms. The summed E-state index contributed by atoms with van der Waals surface area (Å²) in [6.07, 6.45) is -0.111.